The molecule has 0 fully saturated rings. The molecule has 1 rings (SSSR count). The van der Waals surface area contributed by atoms with Crippen molar-refractivity contribution in [2.24, 2.45) is 0 Å². The van der Waals surface area contributed by atoms with E-state index < -0.39 is 0 Å². The number of benzene rings is 1. The van der Waals surface area contributed by atoms with Gasteiger partial charge in [-0.1, -0.05) is 18.2 Å². The third kappa shape index (κ3) is 2.15. The van der Waals surface area contributed by atoms with Gasteiger partial charge in [0.1, 0.15) is 0 Å². The molecule has 0 N–H and O–H groups in total. The number of non-ortho nitro benzene ring substituents is 1. The van der Waals surface area contributed by atoms with Gasteiger partial charge in [0.15, 0.2) is 0 Å². The van der Waals surface area contributed by atoms with Crippen LogP contribution in [0.2, 0.25) is 0 Å². The van der Waals surface area contributed by atoms with Crippen molar-refractivity contribution < 1.29 is 4.92 Å². The van der Waals surface area contributed by atoms with Crippen LogP contribution in [-0.4, -0.2) is 4.92 Å². The largest absolute Gasteiger partial charge is 0.270 e. The average molecular weight is 177 g/mol. The van der Waals surface area contributed by atoms with Crippen LogP contribution in [0.1, 0.15) is 18.1 Å². The average Bonchev–Trinajstić information content (AvgIpc) is 2.08. The van der Waals surface area contributed by atoms with Gasteiger partial charge in [0.05, 0.1) is 4.92 Å². The maximum absolute atomic E-state index is 10.5. The first-order valence-corrected chi connectivity index (χ1v) is 4.03. The zero-order valence-corrected chi connectivity index (χ0v) is 7.65. The number of hydrogen-bond donors (Lipinski definition) is 0. The Balaban J connectivity index is 3.18. The monoisotopic (exact) mass is 177 g/mol. The Morgan fingerprint density at radius 3 is 2.69 bits per heavy atom. The van der Waals surface area contributed by atoms with Crippen molar-refractivity contribution in [1.29, 1.82) is 0 Å². The molecule has 0 spiro atoms. The lowest BCUT2D eigenvalue weighted by atomic mass is 10.1. The Morgan fingerprint density at radius 2 is 2.15 bits per heavy atom. The van der Waals surface area contributed by atoms with E-state index in [4.69, 9.17) is 0 Å². The highest BCUT2D eigenvalue weighted by Gasteiger charge is 2.05. The van der Waals surface area contributed by atoms with E-state index in [9.17, 15) is 10.1 Å². The van der Waals surface area contributed by atoms with Crippen molar-refractivity contribution in [2.45, 2.75) is 13.8 Å². The summed E-state index contributed by atoms with van der Waals surface area (Å²) in [6, 6.07) is 4.85. The summed E-state index contributed by atoms with van der Waals surface area (Å²) in [5.41, 5.74) is 2.08. The number of allylic oxidation sites excluding steroid dienone is 1. The quantitative estimate of drug-likeness (QED) is 0.515. The van der Waals surface area contributed by atoms with Gasteiger partial charge in [0.2, 0.25) is 0 Å². The number of nitrogens with zero attached hydrogens (tertiary/aromatic N) is 1. The summed E-state index contributed by atoms with van der Waals surface area (Å²) in [6.07, 6.45) is 3.73. The number of hydrogen-bond acceptors (Lipinski definition) is 2. The lowest BCUT2D eigenvalue weighted by molar-refractivity contribution is -0.384. The SMILES string of the molecule is C/C=C\c1cc([N+](=O)[O-])ccc1C. The zero-order chi connectivity index (χ0) is 9.84. The standard InChI is InChI=1S/C10H11NO2/c1-3-4-9-7-10(11(12)13)6-5-8(9)2/h3-7H,1-2H3/b4-3-. The van der Waals surface area contributed by atoms with Crippen molar-refractivity contribution >= 4 is 11.8 Å². The highest BCUT2D eigenvalue weighted by Crippen LogP contribution is 2.18. The van der Waals surface area contributed by atoms with Gasteiger partial charge in [-0.3, -0.25) is 10.1 Å². The van der Waals surface area contributed by atoms with E-state index in [0.29, 0.717) is 0 Å². The Hall–Kier alpha value is -1.64. The minimum Gasteiger partial charge on any atom is -0.258 e. The Bertz CT molecular complexity index is 356. The highest BCUT2D eigenvalue weighted by atomic mass is 16.6. The van der Waals surface area contributed by atoms with Gasteiger partial charge >= 0.3 is 0 Å². The molecule has 0 aliphatic heterocycles. The molecule has 0 saturated carbocycles. The van der Waals surface area contributed by atoms with Crippen LogP contribution in [0.4, 0.5) is 5.69 Å². The molecule has 1 aromatic rings. The summed E-state index contributed by atoms with van der Waals surface area (Å²) >= 11 is 0. The molecule has 0 bridgehead atoms. The van der Waals surface area contributed by atoms with E-state index in [0.717, 1.165) is 11.1 Å². The van der Waals surface area contributed by atoms with Crippen molar-refractivity contribution in [3.8, 4) is 0 Å². The molecule has 0 aliphatic rings. The Labute approximate surface area is 76.9 Å². The summed E-state index contributed by atoms with van der Waals surface area (Å²) in [5.74, 6) is 0. The van der Waals surface area contributed by atoms with Crippen molar-refractivity contribution in [3.63, 3.8) is 0 Å². The second-order valence-electron chi connectivity index (χ2n) is 2.80. The van der Waals surface area contributed by atoms with Crippen LogP contribution in [0.15, 0.2) is 24.3 Å². The van der Waals surface area contributed by atoms with E-state index >= 15 is 0 Å². The minimum absolute atomic E-state index is 0.138. The second-order valence-corrected chi connectivity index (χ2v) is 2.80. The fraction of sp³-hybridized carbons (Fsp3) is 0.200. The fourth-order valence-corrected chi connectivity index (χ4v) is 1.10. The van der Waals surface area contributed by atoms with Gasteiger partial charge < -0.3 is 0 Å². The molecule has 1 aromatic carbocycles. The second kappa shape index (κ2) is 3.85. The predicted molar refractivity (Wildman–Crippen MR) is 52.5 cm³/mol. The van der Waals surface area contributed by atoms with Gasteiger partial charge in [0, 0.05) is 12.1 Å². The van der Waals surface area contributed by atoms with E-state index in [1.165, 1.54) is 6.07 Å². The lowest BCUT2D eigenvalue weighted by Crippen LogP contribution is -1.89. The minimum atomic E-state index is -0.382. The first-order chi connectivity index (χ1) is 6.15. The summed E-state index contributed by atoms with van der Waals surface area (Å²) in [7, 11) is 0. The van der Waals surface area contributed by atoms with Gasteiger partial charge in [-0.05, 0) is 25.0 Å². The predicted octanol–water partition coefficient (Wildman–Crippen LogP) is 2.94. The van der Waals surface area contributed by atoms with Crippen LogP contribution in [-0.2, 0) is 0 Å². The summed E-state index contributed by atoms with van der Waals surface area (Å²) in [6.45, 7) is 3.82. The molecule has 68 valence electrons. The van der Waals surface area contributed by atoms with Crippen molar-refractivity contribution in [3.05, 3.63) is 45.5 Å². The van der Waals surface area contributed by atoms with E-state index in [1.54, 1.807) is 12.1 Å². The number of nitro groups is 1. The molecule has 0 unspecified atom stereocenters. The van der Waals surface area contributed by atoms with Crippen LogP contribution in [0, 0.1) is 17.0 Å². The van der Waals surface area contributed by atoms with E-state index in [2.05, 4.69) is 0 Å². The normalized spacial score (nSPS) is 10.6. The van der Waals surface area contributed by atoms with Crippen LogP contribution < -0.4 is 0 Å². The maximum atomic E-state index is 10.5. The van der Waals surface area contributed by atoms with E-state index in [1.807, 2.05) is 26.0 Å². The van der Waals surface area contributed by atoms with Crippen molar-refractivity contribution in [2.75, 3.05) is 0 Å². The molecule has 0 aromatic heterocycles. The number of aryl methyl sites for hydroxylation is 1. The van der Waals surface area contributed by atoms with E-state index in [-0.39, 0.29) is 10.6 Å². The Morgan fingerprint density at radius 1 is 1.46 bits per heavy atom. The fourth-order valence-electron chi connectivity index (χ4n) is 1.10. The van der Waals surface area contributed by atoms with Gasteiger partial charge in [0.25, 0.3) is 5.69 Å². The summed E-state index contributed by atoms with van der Waals surface area (Å²) < 4.78 is 0. The first-order valence-electron chi connectivity index (χ1n) is 4.03. The van der Waals surface area contributed by atoms with Crippen LogP contribution >= 0.6 is 0 Å². The third-order valence-electron chi connectivity index (χ3n) is 1.82. The molecule has 0 heterocycles. The molecule has 0 radical (unpaired) electrons. The van der Waals surface area contributed by atoms with Crippen LogP contribution in [0.3, 0.4) is 0 Å². The van der Waals surface area contributed by atoms with Crippen LogP contribution in [0.25, 0.3) is 6.08 Å². The summed E-state index contributed by atoms with van der Waals surface area (Å²) in [4.78, 5) is 10.1. The molecular weight excluding hydrogens is 166 g/mol. The number of nitro benzene ring substituents is 1. The lowest BCUT2D eigenvalue weighted by Gasteiger charge is -1.98. The van der Waals surface area contributed by atoms with Crippen molar-refractivity contribution in [1.82, 2.24) is 0 Å². The maximum Gasteiger partial charge on any atom is 0.270 e. The molecule has 0 amide bonds. The third-order valence-corrected chi connectivity index (χ3v) is 1.82. The first kappa shape index (κ1) is 9.45. The van der Waals surface area contributed by atoms with Gasteiger partial charge in [-0.15, -0.1) is 0 Å². The smallest absolute Gasteiger partial charge is 0.258 e. The molecule has 0 atom stereocenters. The molecule has 3 heteroatoms. The number of rotatable bonds is 2. The molecule has 3 nitrogen and oxygen atoms in total. The Kier molecular flexibility index (Phi) is 2.80. The summed E-state index contributed by atoms with van der Waals surface area (Å²) in [5, 5.41) is 10.5. The van der Waals surface area contributed by atoms with Gasteiger partial charge in [-0.25, -0.2) is 0 Å². The topological polar surface area (TPSA) is 43.1 Å². The molecule has 0 saturated heterocycles. The molecule has 0 aliphatic carbocycles. The van der Waals surface area contributed by atoms with Gasteiger partial charge in [-0.2, -0.15) is 0 Å². The highest BCUT2D eigenvalue weighted by molar-refractivity contribution is 5.57. The zero-order valence-electron chi connectivity index (χ0n) is 7.65. The molecule has 13 heavy (non-hydrogen) atoms. The molecular formula is C10H11NO2. The van der Waals surface area contributed by atoms with Crippen LogP contribution in [0.5, 0.6) is 0 Å².